The van der Waals surface area contributed by atoms with Crippen LogP contribution >= 0.6 is 0 Å². The van der Waals surface area contributed by atoms with Gasteiger partial charge < -0.3 is 29.3 Å². The highest BCUT2D eigenvalue weighted by Crippen LogP contribution is 2.19. The Morgan fingerprint density at radius 3 is 2.55 bits per heavy atom. The molecule has 0 saturated carbocycles. The normalized spacial score (nSPS) is 18.9. The maximum absolute atomic E-state index is 12.2. The molecule has 2 amide bonds. The first-order valence-electron chi connectivity index (χ1n) is 9.78. The lowest BCUT2D eigenvalue weighted by Crippen LogP contribution is -2.38. The molecule has 2 aliphatic rings. The monoisotopic (exact) mass is 405 g/mol. The Balaban J connectivity index is 1.40. The first-order chi connectivity index (χ1) is 14.0. The van der Waals surface area contributed by atoms with Gasteiger partial charge in [0.25, 0.3) is 5.91 Å². The van der Waals surface area contributed by atoms with Crippen LogP contribution in [-0.2, 0) is 28.6 Å². The van der Waals surface area contributed by atoms with Gasteiger partial charge in [0.1, 0.15) is 0 Å². The Morgan fingerprint density at radius 2 is 1.90 bits per heavy atom. The van der Waals surface area contributed by atoms with Crippen LogP contribution in [0.15, 0.2) is 24.3 Å². The van der Waals surface area contributed by atoms with Gasteiger partial charge in [-0.25, -0.2) is 4.79 Å². The lowest BCUT2D eigenvalue weighted by Gasteiger charge is -2.28. The van der Waals surface area contributed by atoms with Gasteiger partial charge in [-0.3, -0.25) is 9.59 Å². The number of esters is 1. The van der Waals surface area contributed by atoms with Crippen molar-refractivity contribution in [1.82, 2.24) is 4.90 Å². The van der Waals surface area contributed by atoms with Crippen molar-refractivity contribution in [3.8, 4) is 0 Å². The highest BCUT2D eigenvalue weighted by molar-refractivity contribution is 5.95. The number of morpholine rings is 1. The molecule has 0 bridgehead atoms. The van der Waals surface area contributed by atoms with E-state index in [1.165, 1.54) is 11.9 Å². The fourth-order valence-corrected chi connectivity index (χ4v) is 3.18. The molecule has 1 atom stereocenters. The maximum atomic E-state index is 12.2. The van der Waals surface area contributed by atoms with E-state index in [1.807, 2.05) is 24.3 Å². The number of nitrogens with one attached hydrogen (secondary N) is 1. The number of rotatable bonds is 7. The highest BCUT2D eigenvalue weighted by Gasteiger charge is 2.26. The smallest absolute Gasteiger partial charge is 0.335 e. The second-order valence-electron chi connectivity index (χ2n) is 7.05. The minimum atomic E-state index is -0.586. The summed E-state index contributed by atoms with van der Waals surface area (Å²) in [5.41, 5.74) is 1.73. The van der Waals surface area contributed by atoms with Crippen LogP contribution in [0.1, 0.15) is 12.8 Å². The van der Waals surface area contributed by atoms with Crippen molar-refractivity contribution in [3.05, 3.63) is 24.3 Å². The fraction of sp³-hybridized carbons (Fsp3) is 0.550. The molecule has 1 aromatic carbocycles. The Bertz CT molecular complexity index is 711. The van der Waals surface area contributed by atoms with Crippen molar-refractivity contribution in [2.75, 3.05) is 63.3 Å². The molecule has 1 N–H and O–H groups in total. The predicted octanol–water partition coefficient (Wildman–Crippen LogP) is 0.642. The first-order valence-corrected chi connectivity index (χ1v) is 9.78. The van der Waals surface area contributed by atoms with Gasteiger partial charge in [0.2, 0.25) is 5.91 Å². The molecule has 2 fully saturated rings. The van der Waals surface area contributed by atoms with Crippen molar-refractivity contribution in [2.24, 2.45) is 0 Å². The molecule has 9 nitrogen and oxygen atoms in total. The molecule has 2 saturated heterocycles. The van der Waals surface area contributed by atoms with E-state index in [9.17, 15) is 14.4 Å². The number of hydrogen-bond donors (Lipinski definition) is 1. The standard InChI is InChI=1S/C20H27N3O6/c1-22(19(25)14-29-20(26)17-3-2-10-28-17)13-18(24)21-15-4-6-16(7-5-15)23-8-11-27-12-9-23/h4-7,17H,2-3,8-14H2,1H3,(H,21,24)/t17-/m1/s1. The summed E-state index contributed by atoms with van der Waals surface area (Å²) >= 11 is 0. The van der Waals surface area contributed by atoms with Gasteiger partial charge in [0.05, 0.1) is 19.8 Å². The number of carbonyl (C=O) groups is 3. The number of nitrogens with zero attached hydrogens (tertiary/aromatic N) is 2. The van der Waals surface area contributed by atoms with E-state index in [-0.39, 0.29) is 12.5 Å². The van der Waals surface area contributed by atoms with Crippen LogP contribution < -0.4 is 10.2 Å². The minimum Gasteiger partial charge on any atom is -0.454 e. The quantitative estimate of drug-likeness (QED) is 0.665. The molecule has 0 aliphatic carbocycles. The highest BCUT2D eigenvalue weighted by atomic mass is 16.6. The molecule has 158 valence electrons. The van der Waals surface area contributed by atoms with Crippen LogP contribution in [0.25, 0.3) is 0 Å². The minimum absolute atomic E-state index is 0.137. The molecular formula is C20H27N3O6. The van der Waals surface area contributed by atoms with E-state index in [1.54, 1.807) is 0 Å². The average Bonchev–Trinajstić information content (AvgIpc) is 3.28. The summed E-state index contributed by atoms with van der Waals surface area (Å²) in [6.07, 6.45) is 0.827. The maximum Gasteiger partial charge on any atom is 0.335 e. The van der Waals surface area contributed by atoms with Crippen molar-refractivity contribution >= 4 is 29.2 Å². The van der Waals surface area contributed by atoms with Gasteiger partial charge in [0.15, 0.2) is 12.7 Å². The van der Waals surface area contributed by atoms with E-state index >= 15 is 0 Å². The number of ether oxygens (including phenoxy) is 3. The summed E-state index contributed by atoms with van der Waals surface area (Å²) < 4.78 is 15.5. The van der Waals surface area contributed by atoms with E-state index in [0.29, 0.717) is 31.9 Å². The summed E-state index contributed by atoms with van der Waals surface area (Å²) in [7, 11) is 1.49. The number of hydrogen-bond acceptors (Lipinski definition) is 7. The number of anilines is 2. The van der Waals surface area contributed by atoms with Crippen molar-refractivity contribution in [1.29, 1.82) is 0 Å². The Hall–Kier alpha value is -2.65. The molecular weight excluding hydrogens is 378 g/mol. The lowest BCUT2D eigenvalue weighted by molar-refractivity contribution is -0.159. The van der Waals surface area contributed by atoms with Gasteiger partial charge >= 0.3 is 5.97 Å². The Morgan fingerprint density at radius 1 is 1.17 bits per heavy atom. The molecule has 0 unspecified atom stereocenters. The topological polar surface area (TPSA) is 97.4 Å². The second-order valence-corrected chi connectivity index (χ2v) is 7.05. The fourth-order valence-electron chi connectivity index (χ4n) is 3.18. The van der Waals surface area contributed by atoms with E-state index in [0.717, 1.165) is 25.2 Å². The summed E-state index contributed by atoms with van der Waals surface area (Å²) in [5, 5.41) is 2.76. The van der Waals surface area contributed by atoms with Crippen LogP contribution in [0.5, 0.6) is 0 Å². The average molecular weight is 405 g/mol. The van der Waals surface area contributed by atoms with E-state index in [4.69, 9.17) is 14.2 Å². The zero-order valence-corrected chi connectivity index (χ0v) is 16.6. The SMILES string of the molecule is CN(CC(=O)Nc1ccc(N2CCOCC2)cc1)C(=O)COC(=O)[C@H]1CCCO1. The van der Waals surface area contributed by atoms with Gasteiger partial charge in [-0.1, -0.05) is 0 Å². The summed E-state index contributed by atoms with van der Waals surface area (Å²) in [5.74, 6) is -1.31. The van der Waals surface area contributed by atoms with Crippen molar-refractivity contribution < 1.29 is 28.6 Å². The third-order valence-electron chi connectivity index (χ3n) is 4.86. The number of amides is 2. The van der Waals surface area contributed by atoms with Crippen molar-refractivity contribution in [3.63, 3.8) is 0 Å². The predicted molar refractivity (Wildman–Crippen MR) is 106 cm³/mol. The largest absolute Gasteiger partial charge is 0.454 e. The van der Waals surface area contributed by atoms with Gasteiger partial charge in [0, 0.05) is 38.1 Å². The molecule has 9 heteroatoms. The summed E-state index contributed by atoms with van der Waals surface area (Å²) in [6, 6.07) is 7.54. The summed E-state index contributed by atoms with van der Waals surface area (Å²) in [4.78, 5) is 39.5. The molecule has 3 rings (SSSR count). The lowest BCUT2D eigenvalue weighted by atomic mass is 10.2. The van der Waals surface area contributed by atoms with Crippen LogP contribution in [0.3, 0.4) is 0 Å². The summed E-state index contributed by atoms with van der Waals surface area (Å²) in [6.45, 7) is 3.09. The molecule has 0 spiro atoms. The second kappa shape index (κ2) is 10.2. The zero-order chi connectivity index (χ0) is 20.6. The third-order valence-corrected chi connectivity index (χ3v) is 4.86. The number of carbonyl (C=O) groups excluding carboxylic acids is 3. The number of benzene rings is 1. The number of likely N-dealkylation sites (N-methyl/N-ethyl adjacent to an activating group) is 1. The third kappa shape index (κ3) is 6.16. The van der Waals surface area contributed by atoms with Crippen LogP contribution in [0.2, 0.25) is 0 Å². The Labute approximate surface area is 169 Å². The van der Waals surface area contributed by atoms with Crippen LogP contribution in [-0.4, -0.2) is 81.9 Å². The van der Waals surface area contributed by atoms with Crippen LogP contribution in [0, 0.1) is 0 Å². The molecule has 0 radical (unpaired) electrons. The van der Waals surface area contributed by atoms with Gasteiger partial charge in [-0.15, -0.1) is 0 Å². The first kappa shape index (κ1) is 21.1. The Kier molecular flexibility index (Phi) is 7.42. The molecule has 2 heterocycles. The van der Waals surface area contributed by atoms with E-state index < -0.39 is 24.6 Å². The molecule has 0 aromatic heterocycles. The van der Waals surface area contributed by atoms with Crippen molar-refractivity contribution in [2.45, 2.75) is 18.9 Å². The van der Waals surface area contributed by atoms with E-state index in [2.05, 4.69) is 10.2 Å². The van der Waals surface area contributed by atoms with Crippen LogP contribution in [0.4, 0.5) is 11.4 Å². The van der Waals surface area contributed by atoms with Gasteiger partial charge in [-0.2, -0.15) is 0 Å². The molecule has 2 aliphatic heterocycles. The van der Waals surface area contributed by atoms with Gasteiger partial charge in [-0.05, 0) is 37.1 Å². The molecule has 1 aromatic rings. The zero-order valence-electron chi connectivity index (χ0n) is 16.6. The molecule has 29 heavy (non-hydrogen) atoms.